The fourth-order valence-electron chi connectivity index (χ4n) is 4.49. The highest BCUT2D eigenvalue weighted by Gasteiger charge is 2.45. The van der Waals surface area contributed by atoms with Crippen molar-refractivity contribution in [1.82, 2.24) is 4.98 Å². The van der Waals surface area contributed by atoms with Crippen molar-refractivity contribution in [3.8, 4) is 11.5 Å². The Morgan fingerprint density at radius 2 is 1.83 bits per heavy atom. The van der Waals surface area contributed by atoms with Gasteiger partial charge in [0.1, 0.15) is 17.1 Å². The smallest absolute Gasteiger partial charge is 0.297 e. The van der Waals surface area contributed by atoms with Gasteiger partial charge in [-0.3, -0.25) is 14.5 Å². The van der Waals surface area contributed by atoms with Gasteiger partial charge >= 0.3 is 0 Å². The van der Waals surface area contributed by atoms with Gasteiger partial charge in [0, 0.05) is 5.02 Å². The van der Waals surface area contributed by atoms with Gasteiger partial charge in [0.05, 0.1) is 40.9 Å². The number of anilines is 1. The van der Waals surface area contributed by atoms with Crippen LogP contribution in [0.1, 0.15) is 34.6 Å². The first-order valence-corrected chi connectivity index (χ1v) is 12.4. The number of amides is 1. The Morgan fingerprint density at radius 3 is 2.58 bits per heavy atom. The second-order valence-corrected chi connectivity index (χ2v) is 9.67. The van der Waals surface area contributed by atoms with Crippen LogP contribution in [0.15, 0.2) is 69.9 Å². The summed E-state index contributed by atoms with van der Waals surface area (Å²) in [6.07, 6.45) is 0. The molecule has 0 spiro atoms. The summed E-state index contributed by atoms with van der Waals surface area (Å²) in [5.74, 6) is 0.966. The summed E-state index contributed by atoms with van der Waals surface area (Å²) in [7, 11) is 1.60. The molecule has 0 saturated heterocycles. The van der Waals surface area contributed by atoms with E-state index in [2.05, 4.69) is 0 Å². The molecule has 1 atom stereocenters. The Bertz CT molecular complexity index is 1710. The van der Waals surface area contributed by atoms with Crippen molar-refractivity contribution in [2.75, 3.05) is 18.6 Å². The zero-order valence-electron chi connectivity index (χ0n) is 19.3. The van der Waals surface area contributed by atoms with Gasteiger partial charge in [-0.2, -0.15) is 0 Å². The lowest BCUT2D eigenvalue weighted by molar-refractivity contribution is 0.0971. The molecule has 180 valence electrons. The number of nitrogens with zero attached hydrogens (tertiary/aromatic N) is 2. The van der Waals surface area contributed by atoms with Gasteiger partial charge in [-0.05, 0) is 61.0 Å². The predicted octanol–water partition coefficient (Wildman–Crippen LogP) is 6.21. The van der Waals surface area contributed by atoms with Crippen LogP contribution in [0.3, 0.4) is 0 Å². The fourth-order valence-corrected chi connectivity index (χ4v) is 5.69. The number of benzene rings is 3. The van der Waals surface area contributed by atoms with Crippen LogP contribution in [0.5, 0.6) is 11.5 Å². The Labute approximate surface area is 214 Å². The fraction of sp³-hybridized carbons (Fsp3) is 0.148. The van der Waals surface area contributed by atoms with E-state index in [0.717, 1.165) is 15.8 Å². The van der Waals surface area contributed by atoms with E-state index >= 15 is 0 Å². The Balaban J connectivity index is 1.58. The van der Waals surface area contributed by atoms with Crippen molar-refractivity contribution < 1.29 is 18.7 Å². The molecule has 5 aromatic rings. The number of rotatable bonds is 5. The molecular weight excluding hydrogens is 500 g/mol. The minimum absolute atomic E-state index is 0.00513. The summed E-state index contributed by atoms with van der Waals surface area (Å²) < 4.78 is 17.8. The first-order chi connectivity index (χ1) is 17.5. The highest BCUT2D eigenvalue weighted by Crippen LogP contribution is 2.44. The summed E-state index contributed by atoms with van der Waals surface area (Å²) in [4.78, 5) is 33.8. The van der Waals surface area contributed by atoms with Gasteiger partial charge < -0.3 is 13.9 Å². The van der Waals surface area contributed by atoms with Crippen LogP contribution in [0.25, 0.3) is 21.2 Å². The van der Waals surface area contributed by atoms with Gasteiger partial charge in [-0.1, -0.05) is 35.1 Å². The minimum atomic E-state index is -0.731. The molecule has 0 aliphatic carbocycles. The quantitative estimate of drug-likeness (QED) is 0.275. The van der Waals surface area contributed by atoms with E-state index in [1.165, 1.54) is 16.2 Å². The number of carbonyl (C=O) groups excluding carboxylic acids is 1. The summed E-state index contributed by atoms with van der Waals surface area (Å²) >= 11 is 7.52. The summed E-state index contributed by atoms with van der Waals surface area (Å²) in [6, 6.07) is 16.9. The number of thiazole rings is 1. The van der Waals surface area contributed by atoms with Crippen molar-refractivity contribution in [2.24, 2.45) is 0 Å². The maximum Gasteiger partial charge on any atom is 0.297 e. The molecule has 1 aliphatic heterocycles. The summed E-state index contributed by atoms with van der Waals surface area (Å²) in [5.41, 5.74) is 1.72. The first-order valence-electron chi connectivity index (χ1n) is 11.3. The molecule has 1 amide bonds. The largest absolute Gasteiger partial charge is 0.497 e. The average molecular weight is 519 g/mol. The lowest BCUT2D eigenvalue weighted by Crippen LogP contribution is -2.29. The predicted molar refractivity (Wildman–Crippen MR) is 140 cm³/mol. The molecule has 9 heteroatoms. The number of carbonyl (C=O) groups is 1. The molecule has 7 nitrogen and oxygen atoms in total. The SMILES string of the molecule is CCOc1ccc(C2c3c(oc4ccc(Cl)cc4c3=O)C(=O)N2c2nc3ccc(OC)cc3s2)cc1. The second-order valence-electron chi connectivity index (χ2n) is 8.22. The summed E-state index contributed by atoms with van der Waals surface area (Å²) in [6.45, 7) is 2.44. The molecule has 1 aliphatic rings. The Hall–Kier alpha value is -3.88. The standard InChI is InChI=1S/C27H19ClN2O5S/c1-3-34-16-7-4-14(5-8-16)23-22-24(31)18-12-15(28)6-11-20(18)35-25(22)26(32)30(23)27-29-19-10-9-17(33-2)13-21(19)36-27/h4-13,23H,3H2,1-2H3. The number of aromatic nitrogens is 1. The first kappa shape index (κ1) is 22.6. The van der Waals surface area contributed by atoms with Gasteiger partial charge in [0.2, 0.25) is 5.76 Å². The molecule has 2 aromatic heterocycles. The topological polar surface area (TPSA) is 81.9 Å². The molecule has 6 rings (SSSR count). The molecule has 3 heterocycles. The maximum atomic E-state index is 13.8. The number of hydrogen-bond acceptors (Lipinski definition) is 7. The maximum absolute atomic E-state index is 13.8. The molecule has 0 N–H and O–H groups in total. The number of halogens is 1. The van der Waals surface area contributed by atoms with Crippen molar-refractivity contribution in [2.45, 2.75) is 13.0 Å². The van der Waals surface area contributed by atoms with Crippen molar-refractivity contribution in [3.63, 3.8) is 0 Å². The number of methoxy groups -OCH3 is 1. The van der Waals surface area contributed by atoms with Gasteiger partial charge in [-0.25, -0.2) is 4.98 Å². The summed E-state index contributed by atoms with van der Waals surface area (Å²) in [5, 5.41) is 1.18. The van der Waals surface area contributed by atoms with Gasteiger partial charge in [0.15, 0.2) is 10.6 Å². The lowest BCUT2D eigenvalue weighted by atomic mass is 9.98. The lowest BCUT2D eigenvalue weighted by Gasteiger charge is -2.22. The normalized spacial score (nSPS) is 15.0. The van der Waals surface area contributed by atoms with Crippen LogP contribution in [-0.4, -0.2) is 24.6 Å². The van der Waals surface area contributed by atoms with E-state index in [9.17, 15) is 9.59 Å². The molecule has 3 aromatic carbocycles. The van der Waals surface area contributed by atoms with Crippen molar-refractivity contribution in [1.29, 1.82) is 0 Å². The molecule has 0 fully saturated rings. The van der Waals surface area contributed by atoms with Crippen LogP contribution in [0.4, 0.5) is 5.13 Å². The van der Waals surface area contributed by atoms with E-state index in [0.29, 0.717) is 39.2 Å². The average Bonchev–Trinajstić information content (AvgIpc) is 3.43. The van der Waals surface area contributed by atoms with Crippen LogP contribution in [0, 0.1) is 0 Å². The van der Waals surface area contributed by atoms with E-state index in [4.69, 9.17) is 30.5 Å². The molecule has 0 bridgehead atoms. The third-order valence-corrected chi connectivity index (χ3v) is 7.38. The minimum Gasteiger partial charge on any atom is -0.497 e. The van der Waals surface area contributed by atoms with Crippen LogP contribution >= 0.6 is 22.9 Å². The highest BCUT2D eigenvalue weighted by atomic mass is 35.5. The molecule has 1 unspecified atom stereocenters. The van der Waals surface area contributed by atoms with E-state index in [-0.39, 0.29) is 16.8 Å². The molecular formula is C27H19ClN2O5S. The monoisotopic (exact) mass is 518 g/mol. The van der Waals surface area contributed by atoms with Crippen molar-refractivity contribution >= 4 is 55.2 Å². The van der Waals surface area contributed by atoms with Crippen LogP contribution in [0.2, 0.25) is 5.02 Å². The van der Waals surface area contributed by atoms with E-state index in [1.54, 1.807) is 25.3 Å². The van der Waals surface area contributed by atoms with E-state index < -0.39 is 11.9 Å². The third-order valence-electron chi connectivity index (χ3n) is 6.13. The third kappa shape index (κ3) is 3.53. The van der Waals surface area contributed by atoms with Crippen LogP contribution in [-0.2, 0) is 0 Å². The van der Waals surface area contributed by atoms with Gasteiger partial charge in [0.25, 0.3) is 5.91 Å². The second kappa shape index (κ2) is 8.65. The molecule has 36 heavy (non-hydrogen) atoms. The zero-order chi connectivity index (χ0) is 25.0. The zero-order valence-corrected chi connectivity index (χ0v) is 20.9. The highest BCUT2D eigenvalue weighted by molar-refractivity contribution is 7.22. The molecule has 0 saturated carbocycles. The Morgan fingerprint density at radius 1 is 1.06 bits per heavy atom. The number of ether oxygens (including phenoxy) is 2. The van der Waals surface area contributed by atoms with E-state index in [1.807, 2.05) is 49.4 Å². The number of fused-ring (bicyclic) bond motifs is 3. The van der Waals surface area contributed by atoms with Gasteiger partial charge in [-0.15, -0.1) is 0 Å². The molecule has 0 radical (unpaired) electrons. The Kier molecular flexibility index (Phi) is 5.43. The number of hydrogen-bond donors (Lipinski definition) is 0. The van der Waals surface area contributed by atoms with Crippen molar-refractivity contribution in [3.05, 3.63) is 92.8 Å². The van der Waals surface area contributed by atoms with Crippen LogP contribution < -0.4 is 19.8 Å².